The molecule has 3 nitrogen and oxygen atoms in total. The van der Waals surface area contributed by atoms with E-state index in [1.54, 1.807) is 0 Å². The summed E-state index contributed by atoms with van der Waals surface area (Å²) in [5, 5.41) is 10.2. The van der Waals surface area contributed by atoms with Crippen LogP contribution in [-0.4, -0.2) is 48.0 Å². The molecule has 0 amide bonds. The van der Waals surface area contributed by atoms with E-state index < -0.39 is 0 Å². The minimum absolute atomic E-state index is 0.0258. The van der Waals surface area contributed by atoms with E-state index in [1.807, 2.05) is 0 Å². The lowest BCUT2D eigenvalue weighted by Gasteiger charge is -2.42. The van der Waals surface area contributed by atoms with Gasteiger partial charge in [0.15, 0.2) is 0 Å². The van der Waals surface area contributed by atoms with Crippen LogP contribution in [0.1, 0.15) is 46.5 Å². The molecule has 106 valence electrons. The fourth-order valence-corrected chi connectivity index (χ4v) is 3.51. The summed E-state index contributed by atoms with van der Waals surface area (Å²) < 4.78 is 5.75. The molecule has 0 aromatic carbocycles. The molecule has 1 saturated heterocycles. The maximum Gasteiger partial charge on any atom is 0.0753 e. The second-order valence-electron chi connectivity index (χ2n) is 6.76. The van der Waals surface area contributed by atoms with Crippen molar-refractivity contribution in [1.82, 2.24) is 4.90 Å². The number of hydrogen-bond acceptors (Lipinski definition) is 3. The SMILES string of the molecule is CCC1CCC(O)C(CN2CCOC(C)(C)C2)C1. The summed E-state index contributed by atoms with van der Waals surface area (Å²) in [6, 6.07) is 0. The second kappa shape index (κ2) is 5.89. The Morgan fingerprint density at radius 2 is 2.11 bits per heavy atom. The van der Waals surface area contributed by atoms with Gasteiger partial charge in [-0.05, 0) is 44.9 Å². The molecule has 1 aliphatic carbocycles. The third-order valence-corrected chi connectivity index (χ3v) is 4.63. The number of aliphatic hydroxyl groups excluding tert-OH is 1. The molecule has 18 heavy (non-hydrogen) atoms. The normalized spacial score (nSPS) is 37.7. The smallest absolute Gasteiger partial charge is 0.0753 e. The molecule has 1 N–H and O–H groups in total. The van der Waals surface area contributed by atoms with Gasteiger partial charge in [-0.25, -0.2) is 0 Å². The average Bonchev–Trinajstić information content (AvgIpc) is 2.31. The van der Waals surface area contributed by atoms with E-state index in [4.69, 9.17) is 4.74 Å². The van der Waals surface area contributed by atoms with Gasteiger partial charge in [0.25, 0.3) is 0 Å². The lowest BCUT2D eigenvalue weighted by Crippen LogP contribution is -2.51. The Kier molecular flexibility index (Phi) is 4.68. The monoisotopic (exact) mass is 255 g/mol. The van der Waals surface area contributed by atoms with Crippen LogP contribution in [0, 0.1) is 11.8 Å². The molecule has 3 heteroatoms. The maximum atomic E-state index is 10.2. The van der Waals surface area contributed by atoms with Crippen LogP contribution in [0.25, 0.3) is 0 Å². The Hall–Kier alpha value is -0.120. The highest BCUT2D eigenvalue weighted by Crippen LogP contribution is 2.32. The van der Waals surface area contributed by atoms with Crippen LogP contribution in [0.3, 0.4) is 0 Å². The molecular weight excluding hydrogens is 226 g/mol. The molecule has 1 heterocycles. The Labute approximate surface area is 112 Å². The van der Waals surface area contributed by atoms with Gasteiger partial charge in [-0.15, -0.1) is 0 Å². The van der Waals surface area contributed by atoms with Crippen molar-refractivity contribution in [2.24, 2.45) is 11.8 Å². The molecule has 3 unspecified atom stereocenters. The van der Waals surface area contributed by atoms with Crippen LogP contribution in [0.2, 0.25) is 0 Å². The van der Waals surface area contributed by atoms with Crippen LogP contribution < -0.4 is 0 Å². The Bertz CT molecular complexity index is 267. The number of rotatable bonds is 3. The van der Waals surface area contributed by atoms with Crippen LogP contribution in [0.5, 0.6) is 0 Å². The predicted molar refractivity (Wildman–Crippen MR) is 73.6 cm³/mol. The quantitative estimate of drug-likeness (QED) is 0.840. The summed E-state index contributed by atoms with van der Waals surface area (Å²) in [5.74, 6) is 1.30. The molecule has 1 aliphatic heterocycles. The van der Waals surface area contributed by atoms with Gasteiger partial charge in [-0.1, -0.05) is 13.3 Å². The van der Waals surface area contributed by atoms with Gasteiger partial charge in [0.05, 0.1) is 18.3 Å². The van der Waals surface area contributed by atoms with Gasteiger partial charge in [0.1, 0.15) is 0 Å². The van der Waals surface area contributed by atoms with Gasteiger partial charge < -0.3 is 9.84 Å². The van der Waals surface area contributed by atoms with Crippen molar-refractivity contribution in [3.63, 3.8) is 0 Å². The summed E-state index contributed by atoms with van der Waals surface area (Å²) in [6.45, 7) is 10.5. The largest absolute Gasteiger partial charge is 0.393 e. The van der Waals surface area contributed by atoms with Crippen LogP contribution >= 0.6 is 0 Å². The molecular formula is C15H29NO2. The van der Waals surface area contributed by atoms with Gasteiger partial charge in [-0.2, -0.15) is 0 Å². The van der Waals surface area contributed by atoms with E-state index in [2.05, 4.69) is 25.7 Å². The molecule has 0 aromatic heterocycles. The van der Waals surface area contributed by atoms with Gasteiger partial charge in [0.2, 0.25) is 0 Å². The van der Waals surface area contributed by atoms with Gasteiger partial charge in [0, 0.05) is 19.6 Å². The fourth-order valence-electron chi connectivity index (χ4n) is 3.51. The number of nitrogens with zero attached hydrogens (tertiary/aromatic N) is 1. The zero-order valence-corrected chi connectivity index (χ0v) is 12.2. The van der Waals surface area contributed by atoms with Crippen molar-refractivity contribution in [3.8, 4) is 0 Å². The van der Waals surface area contributed by atoms with E-state index >= 15 is 0 Å². The average molecular weight is 255 g/mol. The van der Waals surface area contributed by atoms with E-state index in [9.17, 15) is 5.11 Å². The summed E-state index contributed by atoms with van der Waals surface area (Å²) >= 11 is 0. The minimum Gasteiger partial charge on any atom is -0.393 e. The molecule has 2 fully saturated rings. The topological polar surface area (TPSA) is 32.7 Å². The van der Waals surface area contributed by atoms with E-state index in [0.717, 1.165) is 38.6 Å². The molecule has 0 radical (unpaired) electrons. The summed E-state index contributed by atoms with van der Waals surface area (Å²) in [4.78, 5) is 2.48. The number of ether oxygens (including phenoxy) is 1. The van der Waals surface area contributed by atoms with E-state index in [1.165, 1.54) is 19.3 Å². The van der Waals surface area contributed by atoms with Crippen molar-refractivity contribution in [3.05, 3.63) is 0 Å². The second-order valence-corrected chi connectivity index (χ2v) is 6.76. The summed E-state index contributed by atoms with van der Waals surface area (Å²) in [6.07, 6.45) is 4.59. The first-order valence-corrected chi connectivity index (χ1v) is 7.54. The van der Waals surface area contributed by atoms with Gasteiger partial charge >= 0.3 is 0 Å². The Morgan fingerprint density at radius 3 is 2.78 bits per heavy atom. The van der Waals surface area contributed by atoms with E-state index in [0.29, 0.717) is 5.92 Å². The fraction of sp³-hybridized carbons (Fsp3) is 1.00. The van der Waals surface area contributed by atoms with Crippen LogP contribution in [0.15, 0.2) is 0 Å². The lowest BCUT2D eigenvalue weighted by molar-refractivity contribution is -0.0959. The first-order valence-electron chi connectivity index (χ1n) is 7.54. The van der Waals surface area contributed by atoms with Crippen molar-refractivity contribution >= 4 is 0 Å². The summed E-state index contributed by atoms with van der Waals surface area (Å²) in [7, 11) is 0. The number of aliphatic hydroxyl groups is 1. The number of hydrogen-bond donors (Lipinski definition) is 1. The van der Waals surface area contributed by atoms with Crippen molar-refractivity contribution in [1.29, 1.82) is 0 Å². The molecule has 3 atom stereocenters. The van der Waals surface area contributed by atoms with Crippen LogP contribution in [-0.2, 0) is 4.74 Å². The molecule has 0 spiro atoms. The Morgan fingerprint density at radius 1 is 1.33 bits per heavy atom. The zero-order chi connectivity index (χ0) is 13.2. The Balaban J connectivity index is 1.87. The highest BCUT2D eigenvalue weighted by molar-refractivity contribution is 4.85. The minimum atomic E-state index is -0.0845. The highest BCUT2D eigenvalue weighted by Gasteiger charge is 2.33. The van der Waals surface area contributed by atoms with Gasteiger partial charge in [-0.3, -0.25) is 4.90 Å². The van der Waals surface area contributed by atoms with Crippen LogP contribution in [0.4, 0.5) is 0 Å². The standard InChI is InChI=1S/C15H29NO2/c1-4-12-5-6-14(17)13(9-12)10-16-7-8-18-15(2,3)11-16/h12-14,17H,4-11H2,1-3H3. The first kappa shape index (κ1) is 14.3. The van der Waals surface area contributed by atoms with Crippen molar-refractivity contribution in [2.75, 3.05) is 26.2 Å². The van der Waals surface area contributed by atoms with Crippen molar-refractivity contribution in [2.45, 2.75) is 58.2 Å². The molecule has 2 aliphatic rings. The summed E-state index contributed by atoms with van der Waals surface area (Å²) in [5.41, 5.74) is -0.0258. The molecule has 1 saturated carbocycles. The maximum absolute atomic E-state index is 10.2. The third-order valence-electron chi connectivity index (χ3n) is 4.63. The molecule has 2 rings (SSSR count). The third kappa shape index (κ3) is 3.69. The molecule has 0 bridgehead atoms. The highest BCUT2D eigenvalue weighted by atomic mass is 16.5. The number of morpholine rings is 1. The lowest BCUT2D eigenvalue weighted by atomic mass is 9.78. The first-order chi connectivity index (χ1) is 8.50. The molecule has 0 aromatic rings. The van der Waals surface area contributed by atoms with Crippen molar-refractivity contribution < 1.29 is 9.84 Å². The zero-order valence-electron chi connectivity index (χ0n) is 12.2. The predicted octanol–water partition coefficient (Wildman–Crippen LogP) is 2.28. The van der Waals surface area contributed by atoms with E-state index in [-0.39, 0.29) is 11.7 Å².